The molecular formula is C22H16BrN3O. The Bertz CT molecular complexity index is 1160. The number of aromatic nitrogens is 1. The number of aromatic hydroxyl groups is 1. The van der Waals surface area contributed by atoms with Crippen molar-refractivity contribution in [2.75, 3.05) is 0 Å². The standard InChI is InChI=1S/C22H16BrN3O/c23-15-10-11-19-18(12-15)17(14-6-2-1-3-7-14)13-20(25-19)22(26-24)16-8-4-5-9-21(16)27/h1-13,27H,24H2/b26-22+. The van der Waals surface area contributed by atoms with E-state index in [1.165, 1.54) is 0 Å². The van der Waals surface area contributed by atoms with Crippen molar-refractivity contribution >= 4 is 32.5 Å². The van der Waals surface area contributed by atoms with Gasteiger partial charge in [-0.3, -0.25) is 0 Å². The van der Waals surface area contributed by atoms with Crippen molar-refractivity contribution in [3.05, 3.63) is 94.6 Å². The van der Waals surface area contributed by atoms with Gasteiger partial charge in [-0.1, -0.05) is 58.4 Å². The van der Waals surface area contributed by atoms with Gasteiger partial charge in [0.2, 0.25) is 0 Å². The average Bonchev–Trinajstić information content (AvgIpc) is 2.70. The van der Waals surface area contributed by atoms with Crippen LogP contribution in [0.25, 0.3) is 22.0 Å². The molecule has 0 bridgehead atoms. The van der Waals surface area contributed by atoms with Crippen LogP contribution in [0.3, 0.4) is 0 Å². The topological polar surface area (TPSA) is 71.5 Å². The Labute approximate surface area is 165 Å². The third kappa shape index (κ3) is 3.29. The van der Waals surface area contributed by atoms with E-state index in [2.05, 4.69) is 33.2 Å². The Morgan fingerprint density at radius 1 is 0.926 bits per heavy atom. The normalized spacial score (nSPS) is 11.7. The molecule has 0 spiro atoms. The van der Waals surface area contributed by atoms with Crippen molar-refractivity contribution in [3.63, 3.8) is 0 Å². The second-order valence-electron chi connectivity index (χ2n) is 6.08. The monoisotopic (exact) mass is 417 g/mol. The van der Waals surface area contributed by atoms with E-state index in [0.29, 0.717) is 17.0 Å². The van der Waals surface area contributed by atoms with Crippen LogP contribution in [0.2, 0.25) is 0 Å². The number of rotatable bonds is 3. The molecule has 4 nitrogen and oxygen atoms in total. The van der Waals surface area contributed by atoms with Gasteiger partial charge in [-0.25, -0.2) is 4.98 Å². The molecule has 0 saturated heterocycles. The van der Waals surface area contributed by atoms with E-state index >= 15 is 0 Å². The molecule has 132 valence electrons. The molecule has 0 unspecified atom stereocenters. The van der Waals surface area contributed by atoms with E-state index < -0.39 is 0 Å². The van der Waals surface area contributed by atoms with Gasteiger partial charge in [0, 0.05) is 15.4 Å². The molecule has 0 atom stereocenters. The third-order valence-corrected chi connectivity index (χ3v) is 4.88. The van der Waals surface area contributed by atoms with Gasteiger partial charge in [0.05, 0.1) is 11.2 Å². The van der Waals surface area contributed by atoms with Gasteiger partial charge >= 0.3 is 0 Å². The average molecular weight is 418 g/mol. The number of phenolic OH excluding ortho intramolecular Hbond substituents is 1. The van der Waals surface area contributed by atoms with E-state index in [0.717, 1.165) is 26.5 Å². The van der Waals surface area contributed by atoms with Gasteiger partial charge in [0.1, 0.15) is 11.5 Å². The number of nitrogens with zero attached hydrogens (tertiary/aromatic N) is 2. The fourth-order valence-corrected chi connectivity index (χ4v) is 3.48. The number of fused-ring (bicyclic) bond motifs is 1. The van der Waals surface area contributed by atoms with Gasteiger partial charge in [0.25, 0.3) is 0 Å². The first-order valence-corrected chi connectivity index (χ1v) is 9.19. The molecule has 0 fully saturated rings. The van der Waals surface area contributed by atoms with Crippen molar-refractivity contribution in [1.82, 2.24) is 4.98 Å². The molecule has 0 radical (unpaired) electrons. The Hall–Kier alpha value is -3.18. The molecule has 4 aromatic rings. The summed E-state index contributed by atoms with van der Waals surface area (Å²) in [5.74, 6) is 5.80. The maximum atomic E-state index is 10.2. The van der Waals surface area contributed by atoms with Crippen molar-refractivity contribution in [3.8, 4) is 16.9 Å². The number of benzene rings is 3. The molecule has 0 aliphatic carbocycles. The van der Waals surface area contributed by atoms with Crippen LogP contribution in [0, 0.1) is 0 Å². The number of hydrazone groups is 1. The number of hydrogen-bond donors (Lipinski definition) is 2. The quantitative estimate of drug-likeness (QED) is 0.277. The van der Waals surface area contributed by atoms with Crippen LogP contribution in [-0.4, -0.2) is 15.8 Å². The summed E-state index contributed by atoms with van der Waals surface area (Å²) in [4.78, 5) is 4.75. The summed E-state index contributed by atoms with van der Waals surface area (Å²) < 4.78 is 0.982. The molecule has 0 amide bonds. The third-order valence-electron chi connectivity index (χ3n) is 4.39. The molecule has 3 aromatic carbocycles. The lowest BCUT2D eigenvalue weighted by atomic mass is 9.97. The molecule has 27 heavy (non-hydrogen) atoms. The summed E-state index contributed by atoms with van der Waals surface area (Å²) >= 11 is 3.54. The summed E-state index contributed by atoms with van der Waals surface area (Å²) in [6.07, 6.45) is 0. The number of halogens is 1. The van der Waals surface area contributed by atoms with Crippen LogP contribution in [-0.2, 0) is 0 Å². The lowest BCUT2D eigenvalue weighted by molar-refractivity contribution is 0.474. The Morgan fingerprint density at radius 2 is 1.67 bits per heavy atom. The molecule has 0 aliphatic rings. The second kappa shape index (κ2) is 7.21. The lowest BCUT2D eigenvalue weighted by Crippen LogP contribution is -2.09. The Kier molecular flexibility index (Phi) is 4.60. The first-order valence-electron chi connectivity index (χ1n) is 8.40. The maximum Gasteiger partial charge on any atom is 0.125 e. The molecular weight excluding hydrogens is 402 g/mol. The van der Waals surface area contributed by atoms with Gasteiger partial charge in [0.15, 0.2) is 0 Å². The zero-order chi connectivity index (χ0) is 18.8. The molecule has 0 saturated carbocycles. The van der Waals surface area contributed by atoms with Crippen LogP contribution in [0.4, 0.5) is 0 Å². The van der Waals surface area contributed by atoms with Crippen molar-refractivity contribution in [2.45, 2.75) is 0 Å². The first-order chi connectivity index (χ1) is 13.2. The number of nitrogens with two attached hydrogens (primary N) is 1. The highest BCUT2D eigenvalue weighted by Gasteiger charge is 2.16. The number of para-hydroxylation sites is 1. The second-order valence-corrected chi connectivity index (χ2v) is 6.99. The summed E-state index contributed by atoms with van der Waals surface area (Å²) in [6, 6.07) is 25.0. The minimum absolute atomic E-state index is 0.112. The zero-order valence-corrected chi connectivity index (χ0v) is 15.9. The highest BCUT2D eigenvalue weighted by molar-refractivity contribution is 9.10. The molecule has 1 heterocycles. The van der Waals surface area contributed by atoms with Gasteiger partial charge < -0.3 is 10.9 Å². The number of pyridine rings is 1. The largest absolute Gasteiger partial charge is 0.507 e. The maximum absolute atomic E-state index is 10.2. The van der Waals surface area contributed by atoms with E-state index in [1.54, 1.807) is 18.2 Å². The highest BCUT2D eigenvalue weighted by atomic mass is 79.9. The predicted molar refractivity (Wildman–Crippen MR) is 113 cm³/mol. The van der Waals surface area contributed by atoms with Crippen LogP contribution in [0.1, 0.15) is 11.3 Å². The van der Waals surface area contributed by atoms with E-state index in [9.17, 15) is 5.11 Å². The minimum Gasteiger partial charge on any atom is -0.507 e. The molecule has 3 N–H and O–H groups in total. The zero-order valence-electron chi connectivity index (χ0n) is 14.3. The summed E-state index contributed by atoms with van der Waals surface area (Å²) in [5, 5.41) is 15.2. The summed E-state index contributed by atoms with van der Waals surface area (Å²) in [5.41, 5.74) is 4.50. The van der Waals surface area contributed by atoms with E-state index in [1.807, 2.05) is 48.5 Å². The van der Waals surface area contributed by atoms with Crippen LogP contribution >= 0.6 is 15.9 Å². The first kappa shape index (κ1) is 17.2. The molecule has 1 aromatic heterocycles. The smallest absolute Gasteiger partial charge is 0.125 e. The van der Waals surface area contributed by atoms with Gasteiger partial charge in [-0.05, 0) is 47.5 Å². The van der Waals surface area contributed by atoms with Gasteiger partial charge in [-0.2, -0.15) is 5.10 Å². The van der Waals surface area contributed by atoms with Crippen molar-refractivity contribution in [1.29, 1.82) is 0 Å². The fourth-order valence-electron chi connectivity index (χ4n) is 3.12. The van der Waals surface area contributed by atoms with E-state index in [4.69, 9.17) is 10.8 Å². The summed E-state index contributed by atoms with van der Waals surface area (Å²) in [6.45, 7) is 0. The van der Waals surface area contributed by atoms with E-state index in [-0.39, 0.29) is 5.75 Å². The predicted octanol–water partition coefficient (Wildman–Crippen LogP) is 5.08. The number of hydrogen-bond acceptors (Lipinski definition) is 4. The van der Waals surface area contributed by atoms with Crippen molar-refractivity contribution < 1.29 is 5.11 Å². The lowest BCUT2D eigenvalue weighted by Gasteiger charge is -2.12. The van der Waals surface area contributed by atoms with Gasteiger partial charge in [-0.15, -0.1) is 0 Å². The minimum atomic E-state index is 0.112. The highest BCUT2D eigenvalue weighted by Crippen LogP contribution is 2.32. The Morgan fingerprint density at radius 3 is 2.41 bits per heavy atom. The fraction of sp³-hybridized carbons (Fsp3) is 0. The van der Waals surface area contributed by atoms with Crippen LogP contribution in [0.5, 0.6) is 5.75 Å². The summed E-state index contributed by atoms with van der Waals surface area (Å²) in [7, 11) is 0. The molecule has 0 aliphatic heterocycles. The number of phenols is 1. The molecule has 4 rings (SSSR count). The van der Waals surface area contributed by atoms with Crippen molar-refractivity contribution in [2.24, 2.45) is 10.9 Å². The van der Waals surface area contributed by atoms with Crippen LogP contribution in [0.15, 0.2) is 88.4 Å². The molecule has 5 heteroatoms. The Balaban J connectivity index is 2.00. The van der Waals surface area contributed by atoms with Crippen LogP contribution < -0.4 is 5.84 Å². The SMILES string of the molecule is N/N=C(/c1cc(-c2ccccc2)c2cc(Br)ccc2n1)c1ccccc1O.